The molecule has 0 spiro atoms. The highest BCUT2D eigenvalue weighted by atomic mass is 32.1. The van der Waals surface area contributed by atoms with Gasteiger partial charge in [0, 0.05) is 5.56 Å². The SMILES string of the molecule is COc1ccc(/C(O)=C2\C(=O)C(=O)N(c3nc4ccc(C)cc4s3)[C@H]2c2ccc(OC)c(OC)c2)cc1C. The summed E-state index contributed by atoms with van der Waals surface area (Å²) in [6.07, 6.45) is 0. The van der Waals surface area contributed by atoms with E-state index in [0.717, 1.165) is 15.8 Å². The van der Waals surface area contributed by atoms with E-state index in [0.29, 0.717) is 39.0 Å². The number of hydrogen-bond acceptors (Lipinski definition) is 8. The average Bonchev–Trinajstić information content (AvgIpc) is 3.45. The lowest BCUT2D eigenvalue weighted by Gasteiger charge is -2.23. The molecule has 1 N–H and O–H groups in total. The number of methoxy groups -OCH3 is 3. The van der Waals surface area contributed by atoms with E-state index < -0.39 is 17.7 Å². The molecule has 1 aliphatic rings. The lowest BCUT2D eigenvalue weighted by Crippen LogP contribution is -2.29. The van der Waals surface area contributed by atoms with Crippen LogP contribution < -0.4 is 19.1 Å². The van der Waals surface area contributed by atoms with Crippen molar-refractivity contribution >= 4 is 44.1 Å². The van der Waals surface area contributed by atoms with Gasteiger partial charge in [-0.05, 0) is 73.0 Å². The number of thiazole rings is 1. The van der Waals surface area contributed by atoms with Crippen LogP contribution in [-0.2, 0) is 9.59 Å². The number of ketones is 1. The van der Waals surface area contributed by atoms with E-state index in [2.05, 4.69) is 4.98 Å². The number of anilines is 1. The molecule has 3 aromatic carbocycles. The van der Waals surface area contributed by atoms with Crippen LogP contribution in [0.3, 0.4) is 0 Å². The molecule has 2 heterocycles. The highest BCUT2D eigenvalue weighted by molar-refractivity contribution is 7.22. The molecule has 38 heavy (non-hydrogen) atoms. The topological polar surface area (TPSA) is 98.2 Å². The monoisotopic (exact) mass is 530 g/mol. The standard InChI is InChI=1S/C29H26N2O6S/c1-15-6-9-19-23(12-15)38-29(30-19)31-25(17-7-11-21(36-4)22(14-17)37-5)24(27(33)28(31)34)26(32)18-8-10-20(35-3)16(2)13-18/h6-14,25,32H,1-5H3/b26-24+/t25-/m0/s1. The minimum atomic E-state index is -0.945. The molecule has 194 valence electrons. The fourth-order valence-electron chi connectivity index (χ4n) is 4.67. The number of amides is 1. The molecule has 0 aliphatic carbocycles. The lowest BCUT2D eigenvalue weighted by molar-refractivity contribution is -0.132. The molecule has 0 saturated carbocycles. The summed E-state index contributed by atoms with van der Waals surface area (Å²) in [5, 5.41) is 11.8. The number of fused-ring (bicyclic) bond motifs is 1. The van der Waals surface area contributed by atoms with Crippen molar-refractivity contribution in [1.82, 2.24) is 4.98 Å². The van der Waals surface area contributed by atoms with Gasteiger partial charge in [0.2, 0.25) is 0 Å². The number of aryl methyl sites for hydroxylation is 2. The summed E-state index contributed by atoms with van der Waals surface area (Å²) in [6, 6.07) is 15.1. The minimum Gasteiger partial charge on any atom is -0.507 e. The number of aliphatic hydroxyl groups is 1. The Kier molecular flexibility index (Phi) is 6.54. The van der Waals surface area contributed by atoms with Crippen LogP contribution in [0.1, 0.15) is 28.3 Å². The largest absolute Gasteiger partial charge is 0.507 e. The zero-order chi connectivity index (χ0) is 27.1. The van der Waals surface area contributed by atoms with Crippen LogP contribution in [0.5, 0.6) is 17.2 Å². The van der Waals surface area contributed by atoms with Gasteiger partial charge in [0.1, 0.15) is 11.5 Å². The molecule has 4 aromatic rings. The second-order valence-electron chi connectivity index (χ2n) is 8.94. The van der Waals surface area contributed by atoms with Crippen LogP contribution in [0.15, 0.2) is 60.2 Å². The summed E-state index contributed by atoms with van der Waals surface area (Å²) >= 11 is 1.31. The maximum Gasteiger partial charge on any atom is 0.301 e. The Hall–Kier alpha value is -4.37. The third-order valence-corrected chi connectivity index (χ3v) is 7.59. The van der Waals surface area contributed by atoms with E-state index in [1.54, 1.807) is 43.5 Å². The summed E-state index contributed by atoms with van der Waals surface area (Å²) in [4.78, 5) is 33.1. The summed E-state index contributed by atoms with van der Waals surface area (Å²) in [7, 11) is 4.59. The molecule has 5 rings (SSSR count). The molecule has 0 unspecified atom stereocenters. The summed E-state index contributed by atoms with van der Waals surface area (Å²) in [6.45, 7) is 3.81. The Labute approximate surface area is 223 Å². The predicted molar refractivity (Wildman–Crippen MR) is 146 cm³/mol. The van der Waals surface area contributed by atoms with E-state index in [-0.39, 0.29) is 11.3 Å². The van der Waals surface area contributed by atoms with Gasteiger partial charge in [-0.2, -0.15) is 0 Å². The molecule has 9 heteroatoms. The minimum absolute atomic E-state index is 0.0396. The van der Waals surface area contributed by atoms with Gasteiger partial charge in [-0.1, -0.05) is 23.5 Å². The van der Waals surface area contributed by atoms with Crippen molar-refractivity contribution in [1.29, 1.82) is 0 Å². The van der Waals surface area contributed by atoms with Crippen molar-refractivity contribution in [3.8, 4) is 17.2 Å². The van der Waals surface area contributed by atoms with Gasteiger partial charge in [0.25, 0.3) is 5.78 Å². The molecule has 1 amide bonds. The van der Waals surface area contributed by atoms with Crippen molar-refractivity contribution in [2.45, 2.75) is 19.9 Å². The zero-order valence-corrected chi connectivity index (χ0v) is 22.4. The smallest absolute Gasteiger partial charge is 0.301 e. The molecule has 0 bridgehead atoms. The third-order valence-electron chi connectivity index (χ3n) is 6.57. The van der Waals surface area contributed by atoms with Gasteiger partial charge in [0.05, 0.1) is 43.2 Å². The Morgan fingerprint density at radius 1 is 0.895 bits per heavy atom. The molecule has 8 nitrogen and oxygen atoms in total. The maximum absolute atomic E-state index is 13.5. The molecule has 0 radical (unpaired) electrons. The quantitative estimate of drug-likeness (QED) is 0.198. The van der Waals surface area contributed by atoms with Crippen LogP contribution in [0.4, 0.5) is 5.13 Å². The van der Waals surface area contributed by atoms with E-state index >= 15 is 0 Å². The number of hydrogen-bond donors (Lipinski definition) is 1. The van der Waals surface area contributed by atoms with Crippen molar-refractivity contribution in [2.75, 3.05) is 26.2 Å². The van der Waals surface area contributed by atoms with Gasteiger partial charge < -0.3 is 19.3 Å². The van der Waals surface area contributed by atoms with Crippen LogP contribution in [0, 0.1) is 13.8 Å². The fraction of sp³-hybridized carbons (Fsp3) is 0.207. The number of Topliss-reactive ketones (excluding diaryl/α,β-unsaturated/α-hetero) is 1. The van der Waals surface area contributed by atoms with Crippen molar-refractivity contribution < 1.29 is 28.9 Å². The summed E-state index contributed by atoms with van der Waals surface area (Å²) < 4.78 is 17.1. The van der Waals surface area contributed by atoms with Gasteiger partial charge >= 0.3 is 5.91 Å². The van der Waals surface area contributed by atoms with Crippen molar-refractivity contribution in [2.24, 2.45) is 0 Å². The van der Waals surface area contributed by atoms with Gasteiger partial charge in [-0.25, -0.2) is 4.98 Å². The number of ether oxygens (including phenoxy) is 3. The molecular weight excluding hydrogens is 504 g/mol. The lowest BCUT2D eigenvalue weighted by atomic mass is 9.94. The third kappa shape index (κ3) is 4.14. The second kappa shape index (κ2) is 9.83. The highest BCUT2D eigenvalue weighted by Gasteiger charge is 2.48. The maximum atomic E-state index is 13.5. The van der Waals surface area contributed by atoms with Gasteiger partial charge in [-0.15, -0.1) is 0 Å². The summed E-state index contributed by atoms with van der Waals surface area (Å²) in [5.74, 6) is -0.291. The number of rotatable bonds is 6. The first-order valence-corrected chi connectivity index (χ1v) is 12.6. The molecule has 1 fully saturated rings. The summed E-state index contributed by atoms with van der Waals surface area (Å²) in [5.41, 5.74) is 3.46. The average molecular weight is 531 g/mol. The number of carbonyl (C=O) groups is 2. The molecule has 1 atom stereocenters. The second-order valence-corrected chi connectivity index (χ2v) is 9.94. The zero-order valence-electron chi connectivity index (χ0n) is 21.6. The van der Waals surface area contributed by atoms with E-state index in [4.69, 9.17) is 14.2 Å². The Balaban J connectivity index is 1.74. The molecular formula is C29H26N2O6S. The molecule has 1 aromatic heterocycles. The van der Waals surface area contributed by atoms with Crippen molar-refractivity contribution in [3.63, 3.8) is 0 Å². The number of nitrogens with zero attached hydrogens (tertiary/aromatic N) is 2. The first kappa shape index (κ1) is 25.3. The first-order valence-electron chi connectivity index (χ1n) is 11.8. The Morgan fingerprint density at radius 3 is 2.29 bits per heavy atom. The van der Waals surface area contributed by atoms with E-state index in [9.17, 15) is 14.7 Å². The van der Waals surface area contributed by atoms with Crippen LogP contribution in [0.2, 0.25) is 0 Å². The Bertz CT molecular complexity index is 1620. The van der Waals surface area contributed by atoms with E-state index in [1.807, 2.05) is 32.0 Å². The molecule has 1 aliphatic heterocycles. The van der Waals surface area contributed by atoms with Crippen molar-refractivity contribution in [3.05, 3.63) is 82.4 Å². The first-order chi connectivity index (χ1) is 18.3. The number of aromatic nitrogens is 1. The van der Waals surface area contributed by atoms with Gasteiger partial charge in [0.15, 0.2) is 16.6 Å². The number of carbonyl (C=O) groups excluding carboxylic acids is 2. The predicted octanol–water partition coefficient (Wildman–Crippen LogP) is 5.57. The van der Waals surface area contributed by atoms with Crippen LogP contribution in [0.25, 0.3) is 16.0 Å². The van der Waals surface area contributed by atoms with E-state index in [1.165, 1.54) is 30.5 Å². The normalized spacial score (nSPS) is 16.8. The van der Waals surface area contributed by atoms with Gasteiger partial charge in [-0.3, -0.25) is 14.5 Å². The highest BCUT2D eigenvalue weighted by Crippen LogP contribution is 2.46. The fourth-order valence-corrected chi connectivity index (χ4v) is 5.76. The Morgan fingerprint density at radius 2 is 1.61 bits per heavy atom. The van der Waals surface area contributed by atoms with Crippen LogP contribution in [-0.4, -0.2) is 43.1 Å². The van der Waals surface area contributed by atoms with Crippen LogP contribution >= 0.6 is 11.3 Å². The number of benzene rings is 3. The molecule has 1 saturated heterocycles. The number of aliphatic hydroxyl groups excluding tert-OH is 1.